The Kier molecular flexibility index (Phi) is 165. The maximum atomic E-state index is 4.94. The van der Waals surface area contributed by atoms with Crippen LogP contribution in [0, 0.1) is 29.6 Å². The molecule has 0 atom stereocenters. The molecular weight excluding hydrogens is 593 g/mol. The second-order valence-corrected chi connectivity index (χ2v) is 12.6. The quantitative estimate of drug-likeness (QED) is 0.263. The van der Waals surface area contributed by atoms with Crippen LogP contribution in [-0.2, 0) is 4.74 Å². The van der Waals surface area contributed by atoms with Crippen LogP contribution in [0.1, 0.15) is 277 Å². The Morgan fingerprint density at radius 1 is 0.286 bits per heavy atom. The molecule has 0 bridgehead atoms. The van der Waals surface area contributed by atoms with Crippen LogP contribution in [0.4, 0.5) is 0 Å². The van der Waals surface area contributed by atoms with Crippen molar-refractivity contribution in [1.29, 1.82) is 0 Å². The van der Waals surface area contributed by atoms with Gasteiger partial charge in [0.1, 0.15) is 0 Å². The van der Waals surface area contributed by atoms with Gasteiger partial charge in [-0.15, -0.1) is 0 Å². The molecule has 0 aromatic carbocycles. The van der Waals surface area contributed by atoms with Crippen LogP contribution in [0.25, 0.3) is 0 Å². The summed E-state index contributed by atoms with van der Waals surface area (Å²) in [6, 6.07) is 0. The number of hydrogen-bond acceptors (Lipinski definition) is 1. The van der Waals surface area contributed by atoms with Crippen molar-refractivity contribution < 1.29 is 4.74 Å². The summed E-state index contributed by atoms with van der Waals surface area (Å²) in [4.78, 5) is 0. The molecule has 4 fully saturated rings. The van der Waals surface area contributed by atoms with Crippen LogP contribution in [0.5, 0.6) is 0 Å². The first kappa shape index (κ1) is 78.2. The van der Waals surface area contributed by atoms with Gasteiger partial charge in [-0.05, 0) is 55.3 Å². The Morgan fingerprint density at radius 2 is 0.429 bits per heavy atom. The van der Waals surface area contributed by atoms with Gasteiger partial charge in [-0.2, -0.15) is 0 Å². The fraction of sp³-hybridized carbons (Fsp3) is 1.00. The van der Waals surface area contributed by atoms with E-state index < -0.39 is 0 Å². The third-order valence-corrected chi connectivity index (χ3v) is 4.89. The fourth-order valence-electron chi connectivity index (χ4n) is 3.04. The standard InChI is InChI=1S/C6H12.2C5H10.C4H8O.3C4H10.8C2H6/c1-5(2)6-3-4-6;3*1-2-4-5-3-1;3*1-4(2)3;8*1-2/h5-6H,3-4H2,1-2H3;2*1-5H2;1-4H2;3*4H,1-3H3;8*1-2H3. The predicted octanol–water partition coefficient (Wildman–Crippen LogP) is 19.9. The van der Waals surface area contributed by atoms with Gasteiger partial charge >= 0.3 is 0 Å². The van der Waals surface area contributed by atoms with E-state index in [2.05, 4.69) is 76.2 Å². The average Bonchev–Trinajstić information content (AvgIpc) is 3.64. The minimum Gasteiger partial charge on any atom is -0.381 e. The van der Waals surface area contributed by atoms with Gasteiger partial charge in [0, 0.05) is 13.2 Å². The van der Waals surface area contributed by atoms with Crippen molar-refractivity contribution in [2.24, 2.45) is 29.6 Å². The second kappa shape index (κ2) is 104. The Bertz CT molecular complexity index is 234. The van der Waals surface area contributed by atoms with Crippen molar-refractivity contribution in [3.63, 3.8) is 0 Å². The van der Waals surface area contributed by atoms with Crippen molar-refractivity contribution in [3.8, 4) is 0 Å². The third-order valence-electron chi connectivity index (χ3n) is 4.89. The van der Waals surface area contributed by atoms with Crippen molar-refractivity contribution in [2.75, 3.05) is 13.2 Å². The first-order valence-electron chi connectivity index (χ1n) is 23.1. The van der Waals surface area contributed by atoms with Gasteiger partial charge in [0.25, 0.3) is 0 Å². The van der Waals surface area contributed by atoms with E-state index in [1.807, 2.05) is 111 Å². The first-order valence-corrected chi connectivity index (χ1v) is 23.1. The highest BCUT2D eigenvalue weighted by molar-refractivity contribution is 4.75. The lowest BCUT2D eigenvalue weighted by molar-refractivity contribution is 0.198. The Hall–Kier alpha value is -0.0400. The summed E-state index contributed by atoms with van der Waals surface area (Å²) in [6.07, 6.45) is 20.6. The zero-order chi connectivity index (χ0) is 41.9. The number of ether oxygens (including phenoxy) is 1. The predicted molar refractivity (Wildman–Crippen MR) is 246 cm³/mol. The lowest BCUT2D eigenvalue weighted by Gasteiger charge is -1.94. The molecule has 1 heteroatoms. The molecule has 49 heavy (non-hydrogen) atoms. The van der Waals surface area contributed by atoms with Gasteiger partial charge in [0.15, 0.2) is 0 Å². The van der Waals surface area contributed by atoms with Gasteiger partial charge in [0.2, 0.25) is 0 Å². The largest absolute Gasteiger partial charge is 0.381 e. The molecule has 1 saturated heterocycles. The van der Waals surface area contributed by atoms with Crippen LogP contribution < -0.4 is 0 Å². The topological polar surface area (TPSA) is 9.23 Å². The highest BCUT2D eigenvalue weighted by Gasteiger charge is 2.23. The van der Waals surface area contributed by atoms with Gasteiger partial charge in [0.05, 0.1) is 0 Å². The van der Waals surface area contributed by atoms with Crippen molar-refractivity contribution in [2.45, 2.75) is 277 Å². The molecule has 1 aliphatic heterocycles. The van der Waals surface area contributed by atoms with Crippen LogP contribution in [0.3, 0.4) is 0 Å². The maximum Gasteiger partial charge on any atom is 0.0466 e. The van der Waals surface area contributed by atoms with E-state index >= 15 is 0 Å². The van der Waals surface area contributed by atoms with Crippen LogP contribution in [0.15, 0.2) is 0 Å². The number of hydrogen-bond donors (Lipinski definition) is 0. The highest BCUT2D eigenvalue weighted by Crippen LogP contribution is 2.35. The molecular formula is C48H118O. The van der Waals surface area contributed by atoms with Crippen LogP contribution in [-0.4, -0.2) is 13.2 Å². The SMILES string of the molecule is C1CCCC1.C1CCCC1.C1CCOC1.CC.CC.CC.CC.CC.CC.CC.CC.CC(C)C.CC(C)C.CC(C)C.CC(C)C1CC1. The molecule has 0 aromatic rings. The zero-order valence-corrected chi connectivity index (χ0v) is 41.6. The fourth-order valence-corrected chi connectivity index (χ4v) is 3.04. The van der Waals surface area contributed by atoms with Gasteiger partial charge in [-0.3, -0.25) is 0 Å². The van der Waals surface area contributed by atoms with Gasteiger partial charge in [-0.25, -0.2) is 0 Å². The minimum atomic E-state index is 0.833. The van der Waals surface area contributed by atoms with Crippen molar-refractivity contribution >= 4 is 0 Å². The molecule has 316 valence electrons. The summed E-state index contributed by atoms with van der Waals surface area (Å²) >= 11 is 0. The van der Waals surface area contributed by atoms with Crippen LogP contribution in [0.2, 0.25) is 0 Å². The van der Waals surface area contributed by atoms with E-state index in [1.165, 1.54) is 89.9 Å². The molecule has 0 spiro atoms. The Labute approximate surface area is 323 Å². The second-order valence-electron chi connectivity index (χ2n) is 12.6. The first-order chi connectivity index (χ1) is 23.5. The molecule has 0 amide bonds. The number of rotatable bonds is 1. The molecule has 0 unspecified atom stereocenters. The van der Waals surface area contributed by atoms with Crippen molar-refractivity contribution in [1.82, 2.24) is 0 Å². The molecule has 1 heterocycles. The molecule has 4 aliphatic rings. The van der Waals surface area contributed by atoms with E-state index in [0.29, 0.717) is 0 Å². The summed E-state index contributed by atoms with van der Waals surface area (Å²) in [5.74, 6) is 4.56. The van der Waals surface area contributed by atoms with E-state index in [-0.39, 0.29) is 0 Å². The highest BCUT2D eigenvalue weighted by atomic mass is 16.5. The summed E-state index contributed by atoms with van der Waals surface area (Å²) in [5, 5.41) is 0. The Morgan fingerprint density at radius 3 is 0.469 bits per heavy atom. The normalized spacial score (nSPS) is 13.3. The summed E-state index contributed by atoms with van der Waals surface area (Å²) in [7, 11) is 0. The third kappa shape index (κ3) is 210. The van der Waals surface area contributed by atoms with Gasteiger partial charge < -0.3 is 4.74 Å². The summed E-state index contributed by atoms with van der Waals surface area (Å²) < 4.78 is 4.94. The van der Waals surface area contributed by atoms with Gasteiger partial charge in [-0.1, -0.05) is 251 Å². The van der Waals surface area contributed by atoms with E-state index in [4.69, 9.17) is 4.74 Å². The lowest BCUT2D eigenvalue weighted by Crippen LogP contribution is -1.85. The van der Waals surface area contributed by atoms with Crippen LogP contribution >= 0.6 is 0 Å². The molecule has 3 aliphatic carbocycles. The average molecular weight is 711 g/mol. The zero-order valence-electron chi connectivity index (χ0n) is 41.6. The molecule has 1 nitrogen and oxygen atoms in total. The molecule has 4 rings (SSSR count). The van der Waals surface area contributed by atoms with E-state index in [9.17, 15) is 0 Å². The smallest absolute Gasteiger partial charge is 0.0466 e. The molecule has 0 N–H and O–H groups in total. The molecule has 0 aromatic heterocycles. The summed E-state index contributed by atoms with van der Waals surface area (Å²) in [6.45, 7) is 58.1. The lowest BCUT2D eigenvalue weighted by atomic mass is 10.1. The van der Waals surface area contributed by atoms with E-state index in [1.54, 1.807) is 0 Å². The van der Waals surface area contributed by atoms with Crippen molar-refractivity contribution in [3.05, 3.63) is 0 Å². The monoisotopic (exact) mass is 711 g/mol. The molecule has 0 radical (unpaired) electrons. The maximum absolute atomic E-state index is 4.94. The Balaban J connectivity index is -0.0000000359. The molecule has 3 saturated carbocycles. The minimum absolute atomic E-state index is 0.833. The van der Waals surface area contributed by atoms with E-state index in [0.717, 1.165) is 42.8 Å². The summed E-state index contributed by atoms with van der Waals surface area (Å²) in [5.41, 5.74) is 0.